The van der Waals surface area contributed by atoms with Gasteiger partial charge in [-0.2, -0.15) is 5.26 Å². The Hall–Kier alpha value is -3.65. The quantitative estimate of drug-likeness (QED) is 0.112. The second-order valence-electron chi connectivity index (χ2n) is 9.85. The van der Waals surface area contributed by atoms with Crippen LogP contribution in [0.1, 0.15) is 36.3 Å². The van der Waals surface area contributed by atoms with Crippen LogP contribution >= 0.6 is 58.0 Å². The molecule has 2 N–H and O–H groups in total. The summed E-state index contributed by atoms with van der Waals surface area (Å²) in [5.41, 5.74) is 9.06. The molecule has 0 amide bonds. The fourth-order valence-corrected chi connectivity index (χ4v) is 6.64. The Labute approximate surface area is 277 Å². The number of allylic oxidation sites excluding steroid dienone is 3. The first-order valence-corrected chi connectivity index (χ1v) is 14.9. The van der Waals surface area contributed by atoms with E-state index < -0.39 is 10.8 Å². The molecule has 0 saturated carbocycles. The minimum Gasteiger partial charge on any atom is -0.496 e. The van der Waals surface area contributed by atoms with Gasteiger partial charge in [-0.1, -0.05) is 70.1 Å². The van der Waals surface area contributed by atoms with E-state index in [4.69, 9.17) is 73.2 Å². The lowest BCUT2D eigenvalue weighted by atomic mass is 9.75. The van der Waals surface area contributed by atoms with Crippen molar-refractivity contribution in [3.63, 3.8) is 0 Å². The number of Topliss-reactive ketones (excluding diaryl/α,β-unsaturated/α-hetero) is 1. The van der Waals surface area contributed by atoms with Gasteiger partial charge < -0.3 is 15.2 Å². The van der Waals surface area contributed by atoms with Crippen LogP contribution in [0, 0.1) is 21.4 Å². The van der Waals surface area contributed by atoms with Crippen molar-refractivity contribution in [1.29, 1.82) is 5.26 Å². The maximum atomic E-state index is 13.5. The van der Waals surface area contributed by atoms with Gasteiger partial charge in [0, 0.05) is 35.4 Å². The van der Waals surface area contributed by atoms with Gasteiger partial charge in [0.1, 0.15) is 28.2 Å². The van der Waals surface area contributed by atoms with Crippen molar-refractivity contribution in [2.24, 2.45) is 5.73 Å². The molecule has 1 unspecified atom stereocenters. The average molecular weight is 695 g/mol. The zero-order chi connectivity index (χ0) is 31.9. The molecule has 1 atom stereocenters. The summed E-state index contributed by atoms with van der Waals surface area (Å²) in [6.07, 6.45) is 1.30. The summed E-state index contributed by atoms with van der Waals surface area (Å²) in [6, 6.07) is 13.2. The molecule has 0 saturated heterocycles. The zero-order valence-electron chi connectivity index (χ0n) is 22.8. The molecule has 1 aliphatic heterocycles. The van der Waals surface area contributed by atoms with Gasteiger partial charge >= 0.3 is 0 Å². The summed E-state index contributed by atoms with van der Waals surface area (Å²) >= 11 is 31.2. The minimum atomic E-state index is -0.811. The Balaban J connectivity index is 1.62. The Morgan fingerprint density at radius 1 is 1.05 bits per heavy atom. The van der Waals surface area contributed by atoms with Gasteiger partial charge in [-0.15, -0.1) is 0 Å². The number of hydrogen-bond acceptors (Lipinski definition) is 8. The summed E-state index contributed by atoms with van der Waals surface area (Å²) in [5, 5.41) is 21.7. The maximum absolute atomic E-state index is 13.5. The van der Waals surface area contributed by atoms with Crippen LogP contribution in [0.15, 0.2) is 65.1 Å². The molecule has 44 heavy (non-hydrogen) atoms. The number of ether oxygens (including phenoxy) is 2. The number of anilines is 1. The second kappa shape index (κ2) is 12.8. The van der Waals surface area contributed by atoms with Crippen molar-refractivity contribution in [2.75, 3.05) is 12.0 Å². The third kappa shape index (κ3) is 5.53. The monoisotopic (exact) mass is 692 g/mol. The Bertz CT molecular complexity index is 1810. The Morgan fingerprint density at radius 3 is 2.36 bits per heavy atom. The first-order chi connectivity index (χ1) is 21.0. The van der Waals surface area contributed by atoms with E-state index in [1.165, 1.54) is 25.3 Å². The Morgan fingerprint density at radius 2 is 1.73 bits per heavy atom. The molecule has 0 radical (unpaired) electrons. The SMILES string of the molecule is COc1ccc(C2C(C#N)=C(N)N(c3cccc([N+](=O)[O-])c3)C3=C2C(=O)CCC3)cc1COc1c(Cl)c(Cl)c(Cl)c(Cl)c1Cl. The van der Waals surface area contributed by atoms with Crippen LogP contribution in [0.3, 0.4) is 0 Å². The topological polar surface area (TPSA) is 132 Å². The first-order valence-electron chi connectivity index (χ1n) is 13.0. The third-order valence-corrected chi connectivity index (χ3v) is 9.63. The van der Waals surface area contributed by atoms with E-state index >= 15 is 0 Å². The van der Waals surface area contributed by atoms with Crippen LogP contribution < -0.4 is 20.1 Å². The molecular formula is C30H21Cl5N4O5. The minimum absolute atomic E-state index is 0.0126. The lowest BCUT2D eigenvalue weighted by molar-refractivity contribution is -0.384. The molecule has 1 heterocycles. The maximum Gasteiger partial charge on any atom is 0.271 e. The van der Waals surface area contributed by atoms with Gasteiger partial charge in [0.25, 0.3) is 5.69 Å². The largest absolute Gasteiger partial charge is 0.496 e. The summed E-state index contributed by atoms with van der Waals surface area (Å²) in [7, 11) is 1.48. The van der Waals surface area contributed by atoms with E-state index in [0.29, 0.717) is 46.7 Å². The first kappa shape index (κ1) is 31.8. The lowest BCUT2D eigenvalue weighted by Gasteiger charge is -2.39. The number of hydrogen-bond donors (Lipinski definition) is 1. The van der Waals surface area contributed by atoms with Crippen molar-refractivity contribution in [3.05, 3.63) is 111 Å². The van der Waals surface area contributed by atoms with Gasteiger partial charge in [0.15, 0.2) is 11.5 Å². The van der Waals surface area contributed by atoms with E-state index in [2.05, 4.69) is 6.07 Å². The molecule has 5 rings (SSSR count). The highest BCUT2D eigenvalue weighted by Crippen LogP contribution is 2.50. The molecule has 1 aliphatic carbocycles. The highest BCUT2D eigenvalue weighted by molar-refractivity contribution is 6.55. The molecule has 226 valence electrons. The molecule has 9 nitrogen and oxygen atoms in total. The molecule has 3 aromatic carbocycles. The number of rotatable bonds is 7. The zero-order valence-corrected chi connectivity index (χ0v) is 26.6. The van der Waals surface area contributed by atoms with Crippen LogP contribution in [0.4, 0.5) is 11.4 Å². The number of halogens is 5. The predicted octanol–water partition coefficient (Wildman–Crippen LogP) is 8.75. The fourth-order valence-electron chi connectivity index (χ4n) is 5.41. The predicted molar refractivity (Wildman–Crippen MR) is 170 cm³/mol. The van der Waals surface area contributed by atoms with Crippen LogP contribution in [-0.4, -0.2) is 17.8 Å². The van der Waals surface area contributed by atoms with Crippen molar-refractivity contribution < 1.29 is 19.2 Å². The van der Waals surface area contributed by atoms with Crippen LogP contribution in [-0.2, 0) is 11.4 Å². The molecule has 0 fully saturated rings. The standard InChI is InChI=1S/C30H21Cl5N4O5/c1-43-21-9-8-14(10-15(21)13-44-29-27(34)25(32)24(31)26(33)28(29)35)22-18(12-36)30(37)38(19-6-3-7-20(40)23(19)22)16-4-2-5-17(11-16)39(41)42/h2,4-5,8-11,22H,3,6-7,13,37H2,1H3. The van der Waals surface area contributed by atoms with Gasteiger partial charge in [-0.05, 0) is 36.6 Å². The molecule has 3 aromatic rings. The third-order valence-electron chi connectivity index (χ3n) is 7.39. The lowest BCUT2D eigenvalue weighted by Crippen LogP contribution is -2.38. The van der Waals surface area contributed by atoms with Crippen molar-refractivity contribution in [1.82, 2.24) is 0 Å². The highest BCUT2D eigenvalue weighted by atomic mass is 35.5. The van der Waals surface area contributed by atoms with Gasteiger partial charge in [-0.25, -0.2) is 0 Å². The summed E-state index contributed by atoms with van der Waals surface area (Å²) in [6.45, 7) is -0.113. The van der Waals surface area contributed by atoms with Crippen molar-refractivity contribution >= 4 is 75.2 Å². The van der Waals surface area contributed by atoms with E-state index in [0.717, 1.165) is 0 Å². The van der Waals surface area contributed by atoms with Gasteiger partial charge in [0.05, 0.1) is 50.3 Å². The van der Waals surface area contributed by atoms with Gasteiger partial charge in [0.2, 0.25) is 0 Å². The van der Waals surface area contributed by atoms with Crippen molar-refractivity contribution in [3.8, 4) is 17.6 Å². The number of nitriles is 1. The highest BCUT2D eigenvalue weighted by Gasteiger charge is 2.40. The molecule has 2 aliphatic rings. The molecule has 0 spiro atoms. The number of carbonyl (C=O) groups is 1. The number of nitrogens with two attached hydrogens (primary N) is 1. The number of carbonyl (C=O) groups excluding carboxylic acids is 1. The number of nitrogens with zero attached hydrogens (tertiary/aromatic N) is 3. The van der Waals surface area contributed by atoms with Crippen LogP contribution in [0.5, 0.6) is 11.5 Å². The number of methoxy groups -OCH3 is 1. The summed E-state index contributed by atoms with van der Waals surface area (Å²) in [4.78, 5) is 26.1. The van der Waals surface area contributed by atoms with Crippen LogP contribution in [0.25, 0.3) is 0 Å². The normalized spacial score (nSPS) is 16.5. The van der Waals surface area contributed by atoms with Crippen molar-refractivity contribution in [2.45, 2.75) is 31.8 Å². The molecule has 0 aromatic heterocycles. The molecular weight excluding hydrogens is 674 g/mol. The number of ketones is 1. The van der Waals surface area contributed by atoms with E-state index in [9.17, 15) is 20.2 Å². The summed E-state index contributed by atoms with van der Waals surface area (Å²) < 4.78 is 11.5. The van der Waals surface area contributed by atoms with Gasteiger partial charge in [-0.3, -0.25) is 19.8 Å². The number of benzene rings is 3. The molecule has 14 heteroatoms. The second-order valence-corrected chi connectivity index (χ2v) is 11.7. The average Bonchev–Trinajstić information content (AvgIpc) is 3.02. The number of nitro groups is 1. The summed E-state index contributed by atoms with van der Waals surface area (Å²) in [5.74, 6) is -0.428. The smallest absolute Gasteiger partial charge is 0.271 e. The van der Waals surface area contributed by atoms with Crippen LogP contribution in [0.2, 0.25) is 25.1 Å². The van der Waals surface area contributed by atoms with E-state index in [1.54, 1.807) is 29.2 Å². The molecule has 0 bridgehead atoms. The number of non-ortho nitro benzene ring substituents is 1. The number of nitro benzene ring substituents is 1. The Kier molecular flexibility index (Phi) is 9.21. The van der Waals surface area contributed by atoms with E-state index in [-0.39, 0.29) is 66.8 Å². The van der Waals surface area contributed by atoms with E-state index in [1.807, 2.05) is 0 Å². The fraction of sp³-hybridized carbons (Fsp3) is 0.200.